The molecule has 0 radical (unpaired) electrons. The molecule has 1 unspecified atom stereocenters. The summed E-state index contributed by atoms with van der Waals surface area (Å²) in [5.41, 5.74) is -0.213. The van der Waals surface area contributed by atoms with E-state index in [1.807, 2.05) is 13.8 Å². The quantitative estimate of drug-likeness (QED) is 0.623. The SMILES string of the molecule is CCCCOc1cc(F)c(CC(C)[C@]23CCC4(C[C@H]2OCO3)OCCO4)cc1F. The van der Waals surface area contributed by atoms with Crippen LogP contribution in [0, 0.1) is 17.6 Å². The van der Waals surface area contributed by atoms with Crippen LogP contribution in [-0.4, -0.2) is 44.1 Å². The van der Waals surface area contributed by atoms with E-state index in [2.05, 4.69) is 0 Å². The van der Waals surface area contributed by atoms with Crippen LogP contribution in [0.5, 0.6) is 5.75 Å². The number of halogens is 2. The standard InChI is InChI=1S/C22H30F2O5/c1-3-4-7-25-19-12-17(23)16(11-18(19)24)10-15(2)22-6-5-21(27-8-9-28-21)13-20(22)26-14-29-22/h11-12,15,20H,3-10,13-14H2,1-2H3/t15?,20-,22-/m1/s1. The van der Waals surface area contributed by atoms with E-state index in [9.17, 15) is 8.78 Å². The first kappa shape index (κ1) is 21.0. The van der Waals surface area contributed by atoms with Gasteiger partial charge in [-0.3, -0.25) is 0 Å². The highest BCUT2D eigenvalue weighted by Gasteiger charge is 2.58. The first-order valence-corrected chi connectivity index (χ1v) is 10.6. The van der Waals surface area contributed by atoms with Crippen LogP contribution in [0.4, 0.5) is 8.78 Å². The molecule has 1 aliphatic carbocycles. The molecule has 1 spiro atoms. The lowest BCUT2D eigenvalue weighted by molar-refractivity contribution is -0.220. The number of hydrogen-bond donors (Lipinski definition) is 0. The van der Waals surface area contributed by atoms with Gasteiger partial charge in [0.25, 0.3) is 0 Å². The number of rotatable bonds is 7. The Balaban J connectivity index is 1.47. The molecule has 0 bridgehead atoms. The predicted molar refractivity (Wildman–Crippen MR) is 102 cm³/mol. The fourth-order valence-corrected chi connectivity index (χ4v) is 4.83. The molecule has 0 amide bonds. The third kappa shape index (κ3) is 4.02. The minimum Gasteiger partial charge on any atom is -0.490 e. The molecule has 1 saturated carbocycles. The van der Waals surface area contributed by atoms with Crippen molar-refractivity contribution in [1.82, 2.24) is 0 Å². The Kier molecular flexibility index (Phi) is 6.11. The van der Waals surface area contributed by atoms with Crippen LogP contribution in [-0.2, 0) is 25.4 Å². The zero-order valence-corrected chi connectivity index (χ0v) is 17.2. The van der Waals surface area contributed by atoms with Gasteiger partial charge in [0.15, 0.2) is 17.4 Å². The molecule has 3 atom stereocenters. The van der Waals surface area contributed by atoms with E-state index >= 15 is 0 Å². The summed E-state index contributed by atoms with van der Waals surface area (Å²) in [6, 6.07) is 2.41. The Morgan fingerprint density at radius 3 is 2.69 bits per heavy atom. The Bertz CT molecular complexity index is 721. The lowest BCUT2D eigenvalue weighted by atomic mass is 9.70. The largest absolute Gasteiger partial charge is 0.490 e. The number of fused-ring (bicyclic) bond motifs is 1. The van der Waals surface area contributed by atoms with Crippen molar-refractivity contribution < 1.29 is 32.5 Å². The molecule has 2 aliphatic heterocycles. The first-order valence-electron chi connectivity index (χ1n) is 10.6. The summed E-state index contributed by atoms with van der Waals surface area (Å²) in [4.78, 5) is 0. The molecule has 0 N–H and O–H groups in total. The van der Waals surface area contributed by atoms with Gasteiger partial charge in [0.2, 0.25) is 0 Å². The molecule has 2 heterocycles. The van der Waals surface area contributed by atoms with Crippen molar-refractivity contribution in [2.45, 2.75) is 69.9 Å². The number of unbranched alkanes of at least 4 members (excludes halogenated alkanes) is 1. The topological polar surface area (TPSA) is 46.2 Å². The summed E-state index contributed by atoms with van der Waals surface area (Å²) in [7, 11) is 0. The van der Waals surface area contributed by atoms with Crippen LogP contribution in [0.1, 0.15) is 51.5 Å². The summed E-state index contributed by atoms with van der Waals surface area (Å²) < 4.78 is 58.1. The number of benzene rings is 1. The van der Waals surface area contributed by atoms with Gasteiger partial charge in [0.05, 0.1) is 25.9 Å². The minimum absolute atomic E-state index is 0.0287. The third-order valence-corrected chi connectivity index (χ3v) is 6.57. The molecular formula is C22H30F2O5. The smallest absolute Gasteiger partial charge is 0.171 e. The first-order chi connectivity index (χ1) is 14.0. The molecule has 7 heteroatoms. The van der Waals surface area contributed by atoms with Crippen molar-refractivity contribution in [2.24, 2.45) is 5.92 Å². The van der Waals surface area contributed by atoms with E-state index in [0.717, 1.165) is 18.9 Å². The fourth-order valence-electron chi connectivity index (χ4n) is 4.83. The summed E-state index contributed by atoms with van der Waals surface area (Å²) in [6.45, 7) is 5.79. The Hall–Kier alpha value is -1.28. The second kappa shape index (κ2) is 8.46. The molecule has 2 saturated heterocycles. The van der Waals surface area contributed by atoms with E-state index in [0.29, 0.717) is 51.1 Å². The van der Waals surface area contributed by atoms with E-state index in [1.165, 1.54) is 6.07 Å². The summed E-state index contributed by atoms with van der Waals surface area (Å²) in [5.74, 6) is -1.66. The van der Waals surface area contributed by atoms with Crippen LogP contribution in [0.2, 0.25) is 0 Å². The molecule has 1 aromatic carbocycles. The van der Waals surface area contributed by atoms with Crippen LogP contribution in [0.3, 0.4) is 0 Å². The lowest BCUT2D eigenvalue weighted by Gasteiger charge is -2.46. The molecule has 3 fully saturated rings. The van der Waals surface area contributed by atoms with Crippen molar-refractivity contribution in [3.05, 3.63) is 29.3 Å². The normalized spacial score (nSPS) is 29.2. The maximum absolute atomic E-state index is 14.7. The lowest BCUT2D eigenvalue weighted by Crippen LogP contribution is -2.55. The van der Waals surface area contributed by atoms with Gasteiger partial charge in [-0.1, -0.05) is 20.3 Å². The highest BCUT2D eigenvalue weighted by Crippen LogP contribution is 2.50. The second-order valence-electron chi connectivity index (χ2n) is 8.37. The second-order valence-corrected chi connectivity index (χ2v) is 8.37. The van der Waals surface area contributed by atoms with Gasteiger partial charge in [-0.15, -0.1) is 0 Å². The van der Waals surface area contributed by atoms with Gasteiger partial charge in [-0.2, -0.15) is 0 Å². The van der Waals surface area contributed by atoms with Crippen LogP contribution in [0.15, 0.2) is 12.1 Å². The van der Waals surface area contributed by atoms with Gasteiger partial charge < -0.3 is 23.7 Å². The minimum atomic E-state index is -0.587. The van der Waals surface area contributed by atoms with Gasteiger partial charge in [-0.25, -0.2) is 8.78 Å². The highest BCUT2D eigenvalue weighted by atomic mass is 19.1. The molecular weight excluding hydrogens is 382 g/mol. The number of ether oxygens (including phenoxy) is 5. The molecule has 0 aromatic heterocycles. The van der Waals surface area contributed by atoms with Gasteiger partial charge >= 0.3 is 0 Å². The van der Waals surface area contributed by atoms with E-state index in [1.54, 1.807) is 0 Å². The molecule has 4 rings (SSSR count). The van der Waals surface area contributed by atoms with E-state index in [-0.39, 0.29) is 24.6 Å². The van der Waals surface area contributed by atoms with Gasteiger partial charge in [0, 0.05) is 18.9 Å². The molecule has 3 aliphatic rings. The molecule has 1 aromatic rings. The maximum Gasteiger partial charge on any atom is 0.171 e. The molecule has 162 valence electrons. The average Bonchev–Trinajstić information content (AvgIpc) is 3.33. The van der Waals surface area contributed by atoms with Crippen LogP contribution < -0.4 is 4.74 Å². The van der Waals surface area contributed by atoms with E-state index in [4.69, 9.17) is 23.7 Å². The summed E-state index contributed by atoms with van der Waals surface area (Å²) >= 11 is 0. The third-order valence-electron chi connectivity index (χ3n) is 6.57. The summed E-state index contributed by atoms with van der Waals surface area (Å²) in [5, 5.41) is 0. The monoisotopic (exact) mass is 412 g/mol. The van der Waals surface area contributed by atoms with Crippen molar-refractivity contribution in [1.29, 1.82) is 0 Å². The van der Waals surface area contributed by atoms with Crippen molar-refractivity contribution >= 4 is 0 Å². The Morgan fingerprint density at radius 2 is 1.93 bits per heavy atom. The maximum atomic E-state index is 14.7. The fraction of sp³-hybridized carbons (Fsp3) is 0.727. The molecule has 5 nitrogen and oxygen atoms in total. The van der Waals surface area contributed by atoms with Crippen molar-refractivity contribution in [3.63, 3.8) is 0 Å². The van der Waals surface area contributed by atoms with E-state index < -0.39 is 23.0 Å². The Morgan fingerprint density at radius 1 is 1.14 bits per heavy atom. The van der Waals surface area contributed by atoms with Gasteiger partial charge in [-0.05, 0) is 36.8 Å². The molecule has 29 heavy (non-hydrogen) atoms. The average molecular weight is 412 g/mol. The van der Waals surface area contributed by atoms with Crippen molar-refractivity contribution in [2.75, 3.05) is 26.6 Å². The van der Waals surface area contributed by atoms with Crippen LogP contribution in [0.25, 0.3) is 0 Å². The zero-order chi connectivity index (χ0) is 20.5. The van der Waals surface area contributed by atoms with Gasteiger partial charge in [0.1, 0.15) is 18.2 Å². The zero-order valence-electron chi connectivity index (χ0n) is 17.2. The summed E-state index contributed by atoms with van der Waals surface area (Å²) in [6.07, 6.45) is 3.90. The van der Waals surface area contributed by atoms with Crippen molar-refractivity contribution in [3.8, 4) is 5.75 Å². The predicted octanol–water partition coefficient (Wildman–Crippen LogP) is 4.36. The Labute approximate surface area is 170 Å². The number of hydrogen-bond acceptors (Lipinski definition) is 5. The highest BCUT2D eigenvalue weighted by molar-refractivity contribution is 5.31. The van der Waals surface area contributed by atoms with Crippen LogP contribution >= 0.6 is 0 Å².